The summed E-state index contributed by atoms with van der Waals surface area (Å²) in [5.74, 6) is -0.0508. The number of hydrogen-bond acceptors (Lipinski definition) is 4. The lowest BCUT2D eigenvalue weighted by Gasteiger charge is -2.22. The molecule has 0 spiro atoms. The maximum Gasteiger partial charge on any atom is 0.276 e. The van der Waals surface area contributed by atoms with Crippen LogP contribution in [0.4, 0.5) is 0 Å². The Morgan fingerprint density at radius 1 is 1.07 bits per heavy atom. The van der Waals surface area contributed by atoms with Gasteiger partial charge in [0.2, 0.25) is 0 Å². The van der Waals surface area contributed by atoms with E-state index in [0.717, 1.165) is 16.8 Å². The quantitative estimate of drug-likeness (QED) is 0.734. The van der Waals surface area contributed by atoms with Gasteiger partial charge in [-0.05, 0) is 53.6 Å². The van der Waals surface area contributed by atoms with Crippen LogP contribution < -0.4 is 0 Å². The standard InChI is InChI=1S/C21H16ClN3O2/c22-18-6-2-1-5-17(18)20-12-19(14-7-9-16(26)10-8-14)24-25(20)21(27)15-4-3-11-23-13-15/h1-11,13,20,26H,12H2. The Morgan fingerprint density at radius 2 is 1.85 bits per heavy atom. The SMILES string of the molecule is O=C(c1cccnc1)N1N=C(c2ccc(O)cc2)CC1c1ccccc1Cl. The Balaban J connectivity index is 1.75. The zero-order valence-corrected chi connectivity index (χ0v) is 15.0. The fraction of sp³-hybridized carbons (Fsp3) is 0.0952. The van der Waals surface area contributed by atoms with Crippen molar-refractivity contribution in [2.24, 2.45) is 5.10 Å². The Hall–Kier alpha value is -3.18. The molecule has 3 aromatic rings. The van der Waals surface area contributed by atoms with Crippen molar-refractivity contribution in [3.05, 3.63) is 94.8 Å². The molecule has 0 radical (unpaired) electrons. The van der Waals surface area contributed by atoms with Crippen LogP contribution in [-0.4, -0.2) is 26.7 Å². The molecular formula is C21H16ClN3O2. The number of benzene rings is 2. The summed E-state index contributed by atoms with van der Waals surface area (Å²) in [5.41, 5.74) is 2.92. The third kappa shape index (κ3) is 3.41. The van der Waals surface area contributed by atoms with E-state index < -0.39 is 0 Å². The summed E-state index contributed by atoms with van der Waals surface area (Å²) in [6.07, 6.45) is 3.68. The van der Waals surface area contributed by atoms with E-state index in [1.54, 1.807) is 42.6 Å². The number of amides is 1. The number of hydrazone groups is 1. The van der Waals surface area contributed by atoms with Gasteiger partial charge in [-0.25, -0.2) is 5.01 Å². The van der Waals surface area contributed by atoms with Crippen LogP contribution in [0.1, 0.15) is 33.9 Å². The summed E-state index contributed by atoms with van der Waals surface area (Å²) >= 11 is 6.40. The number of phenolic OH excluding ortho intramolecular Hbond substituents is 1. The lowest BCUT2D eigenvalue weighted by atomic mass is 9.98. The Labute approximate surface area is 161 Å². The largest absolute Gasteiger partial charge is 0.508 e. The zero-order valence-electron chi connectivity index (χ0n) is 14.3. The molecule has 1 N–H and O–H groups in total. The molecule has 27 heavy (non-hydrogen) atoms. The molecule has 134 valence electrons. The highest BCUT2D eigenvalue weighted by atomic mass is 35.5. The second-order valence-corrected chi connectivity index (χ2v) is 6.63. The van der Waals surface area contributed by atoms with Crippen molar-refractivity contribution >= 4 is 23.2 Å². The van der Waals surface area contributed by atoms with E-state index in [1.165, 1.54) is 11.2 Å². The molecule has 0 saturated heterocycles. The van der Waals surface area contributed by atoms with E-state index >= 15 is 0 Å². The third-order valence-corrected chi connectivity index (χ3v) is 4.84. The first-order valence-corrected chi connectivity index (χ1v) is 8.86. The monoisotopic (exact) mass is 377 g/mol. The summed E-state index contributed by atoms with van der Waals surface area (Å²) in [4.78, 5) is 17.1. The molecule has 1 aliphatic heterocycles. The molecule has 0 aliphatic carbocycles. The molecular weight excluding hydrogens is 362 g/mol. The topological polar surface area (TPSA) is 65.8 Å². The normalized spacial score (nSPS) is 16.3. The molecule has 1 aromatic heterocycles. The van der Waals surface area contributed by atoms with Crippen molar-refractivity contribution < 1.29 is 9.90 Å². The van der Waals surface area contributed by atoms with Gasteiger partial charge in [0.1, 0.15) is 5.75 Å². The number of aromatic nitrogens is 1. The lowest BCUT2D eigenvalue weighted by molar-refractivity contribution is 0.0711. The maximum atomic E-state index is 13.1. The van der Waals surface area contributed by atoms with E-state index in [9.17, 15) is 9.90 Å². The second kappa shape index (κ2) is 7.21. The molecule has 4 rings (SSSR count). The number of phenols is 1. The molecule has 1 unspecified atom stereocenters. The number of carbonyl (C=O) groups is 1. The van der Waals surface area contributed by atoms with Crippen LogP contribution in [0.25, 0.3) is 0 Å². The molecule has 5 nitrogen and oxygen atoms in total. The number of aromatic hydroxyl groups is 1. The molecule has 1 amide bonds. The first kappa shape index (κ1) is 17.2. The molecule has 2 heterocycles. The first-order valence-electron chi connectivity index (χ1n) is 8.48. The predicted molar refractivity (Wildman–Crippen MR) is 104 cm³/mol. The number of carbonyl (C=O) groups excluding carboxylic acids is 1. The molecule has 0 bridgehead atoms. The predicted octanol–water partition coefficient (Wildman–Crippen LogP) is 4.43. The highest BCUT2D eigenvalue weighted by Crippen LogP contribution is 2.37. The molecule has 2 aromatic carbocycles. The van der Waals surface area contributed by atoms with E-state index in [4.69, 9.17) is 11.6 Å². The summed E-state index contributed by atoms with van der Waals surface area (Å²) in [7, 11) is 0. The van der Waals surface area contributed by atoms with Gasteiger partial charge in [-0.1, -0.05) is 29.8 Å². The Bertz CT molecular complexity index is 1000. The number of nitrogens with zero attached hydrogens (tertiary/aromatic N) is 3. The van der Waals surface area contributed by atoms with Crippen LogP contribution in [0.2, 0.25) is 5.02 Å². The second-order valence-electron chi connectivity index (χ2n) is 6.23. The summed E-state index contributed by atoms with van der Waals surface area (Å²) < 4.78 is 0. The van der Waals surface area contributed by atoms with Crippen molar-refractivity contribution in [3.63, 3.8) is 0 Å². The van der Waals surface area contributed by atoms with E-state index in [-0.39, 0.29) is 17.7 Å². The minimum atomic E-state index is -0.310. The minimum absolute atomic E-state index is 0.184. The lowest BCUT2D eigenvalue weighted by Crippen LogP contribution is -2.27. The van der Waals surface area contributed by atoms with Crippen molar-refractivity contribution in [1.29, 1.82) is 0 Å². The van der Waals surface area contributed by atoms with Crippen molar-refractivity contribution in [1.82, 2.24) is 9.99 Å². The fourth-order valence-corrected chi connectivity index (χ4v) is 3.40. The van der Waals surface area contributed by atoms with Gasteiger partial charge >= 0.3 is 0 Å². The molecule has 1 atom stereocenters. The van der Waals surface area contributed by atoms with E-state index in [1.807, 2.05) is 24.3 Å². The van der Waals surface area contributed by atoms with Gasteiger partial charge in [0.25, 0.3) is 5.91 Å². The number of pyridine rings is 1. The number of hydrogen-bond donors (Lipinski definition) is 1. The highest BCUT2D eigenvalue weighted by molar-refractivity contribution is 6.31. The summed E-state index contributed by atoms with van der Waals surface area (Å²) in [6, 6.07) is 17.4. The van der Waals surface area contributed by atoms with Crippen LogP contribution in [-0.2, 0) is 0 Å². The van der Waals surface area contributed by atoms with Crippen LogP contribution in [0.15, 0.2) is 78.2 Å². The summed E-state index contributed by atoms with van der Waals surface area (Å²) in [6.45, 7) is 0. The highest BCUT2D eigenvalue weighted by Gasteiger charge is 2.34. The average Bonchev–Trinajstić information content (AvgIpc) is 3.14. The van der Waals surface area contributed by atoms with Crippen molar-refractivity contribution in [2.45, 2.75) is 12.5 Å². The van der Waals surface area contributed by atoms with Gasteiger partial charge in [0.15, 0.2) is 0 Å². The fourth-order valence-electron chi connectivity index (χ4n) is 3.14. The molecule has 6 heteroatoms. The van der Waals surface area contributed by atoms with Gasteiger partial charge < -0.3 is 5.11 Å². The van der Waals surface area contributed by atoms with Crippen LogP contribution >= 0.6 is 11.6 Å². The van der Waals surface area contributed by atoms with Crippen LogP contribution in [0.3, 0.4) is 0 Å². The smallest absolute Gasteiger partial charge is 0.276 e. The van der Waals surface area contributed by atoms with E-state index in [2.05, 4.69) is 10.1 Å². The Kier molecular flexibility index (Phi) is 4.60. The average molecular weight is 378 g/mol. The zero-order chi connectivity index (χ0) is 18.8. The molecule has 0 fully saturated rings. The summed E-state index contributed by atoms with van der Waals surface area (Å²) in [5, 5.41) is 16.2. The van der Waals surface area contributed by atoms with Gasteiger partial charge in [-0.2, -0.15) is 5.10 Å². The van der Waals surface area contributed by atoms with Gasteiger partial charge in [0.05, 0.1) is 17.3 Å². The Morgan fingerprint density at radius 3 is 2.56 bits per heavy atom. The molecule has 1 aliphatic rings. The molecule has 0 saturated carbocycles. The van der Waals surface area contributed by atoms with Crippen molar-refractivity contribution in [3.8, 4) is 5.75 Å². The van der Waals surface area contributed by atoms with Gasteiger partial charge in [-0.15, -0.1) is 0 Å². The van der Waals surface area contributed by atoms with Gasteiger partial charge in [-0.3, -0.25) is 9.78 Å². The van der Waals surface area contributed by atoms with Gasteiger partial charge in [0, 0.05) is 23.8 Å². The first-order chi connectivity index (χ1) is 13.1. The van der Waals surface area contributed by atoms with E-state index in [0.29, 0.717) is 17.0 Å². The third-order valence-electron chi connectivity index (χ3n) is 4.49. The van der Waals surface area contributed by atoms with Crippen molar-refractivity contribution in [2.75, 3.05) is 0 Å². The minimum Gasteiger partial charge on any atom is -0.508 e. The number of halogens is 1. The maximum absolute atomic E-state index is 13.1. The number of rotatable bonds is 3. The van der Waals surface area contributed by atoms with Crippen LogP contribution in [0.5, 0.6) is 5.75 Å². The van der Waals surface area contributed by atoms with Crippen LogP contribution in [0, 0.1) is 0 Å².